The van der Waals surface area contributed by atoms with Crippen LogP contribution in [0, 0.1) is 0 Å². The van der Waals surface area contributed by atoms with E-state index in [-0.39, 0.29) is 30.3 Å². The summed E-state index contributed by atoms with van der Waals surface area (Å²) in [5.41, 5.74) is 4.94. The number of rotatable bonds is 9. The van der Waals surface area contributed by atoms with Gasteiger partial charge in [-0.3, -0.25) is 14.5 Å². The maximum absolute atomic E-state index is 13.6. The molecule has 2 saturated heterocycles. The fraction of sp³-hybridized carbons (Fsp3) is 0.422. The number of aliphatic hydroxyl groups excluding tert-OH is 1. The molecule has 0 saturated carbocycles. The van der Waals surface area contributed by atoms with Crippen LogP contribution in [0.15, 0.2) is 103 Å². The number of aliphatic hydroxyl groups is 1. The van der Waals surface area contributed by atoms with E-state index in [1.54, 1.807) is 36.4 Å². The van der Waals surface area contributed by atoms with Gasteiger partial charge < -0.3 is 43.6 Å². The minimum absolute atomic E-state index is 0.0675. The predicted molar refractivity (Wildman–Crippen MR) is 214 cm³/mol. The minimum Gasteiger partial charge on any atom is -0.392 e. The minimum atomic E-state index is -0.822. The van der Waals surface area contributed by atoms with Gasteiger partial charge in [-0.25, -0.2) is 0 Å². The Kier molecular flexibility index (Phi) is 16.7. The SMILES string of the molecule is CC(=O)c1cccc(NC(=O)c2cccc(C3OC(CN4CCOCCOCCOCCOCCOCC4)C(c4ccccc4)C(c4ccc(CO)cc4)O3)c2)c1. The lowest BCUT2D eigenvalue weighted by Crippen LogP contribution is -2.46. The van der Waals surface area contributed by atoms with Crippen molar-refractivity contribution in [2.24, 2.45) is 0 Å². The number of ketones is 1. The molecular formula is C45H54N2O10. The van der Waals surface area contributed by atoms with Crippen LogP contribution in [0.3, 0.4) is 0 Å². The molecular weight excluding hydrogens is 728 g/mol. The molecule has 304 valence electrons. The van der Waals surface area contributed by atoms with E-state index in [1.165, 1.54) is 6.92 Å². The fourth-order valence-electron chi connectivity index (χ4n) is 6.93. The zero-order chi connectivity index (χ0) is 39.7. The van der Waals surface area contributed by atoms with Gasteiger partial charge in [-0.15, -0.1) is 0 Å². The first-order chi connectivity index (χ1) is 28.0. The molecule has 0 aliphatic carbocycles. The molecule has 1 amide bonds. The maximum Gasteiger partial charge on any atom is 0.255 e. The molecule has 4 aromatic rings. The number of nitrogens with one attached hydrogen (secondary N) is 1. The number of carbonyl (C=O) groups excluding carboxylic acids is 2. The second kappa shape index (κ2) is 22.6. The van der Waals surface area contributed by atoms with Gasteiger partial charge in [0.05, 0.1) is 84.9 Å². The van der Waals surface area contributed by atoms with Crippen LogP contribution in [0.25, 0.3) is 0 Å². The Hall–Kier alpha value is -4.34. The molecule has 2 heterocycles. The molecule has 2 fully saturated rings. The number of ether oxygens (including phenoxy) is 7. The molecule has 0 radical (unpaired) electrons. The van der Waals surface area contributed by atoms with E-state index in [1.807, 2.05) is 54.6 Å². The molecule has 2 aliphatic heterocycles. The first-order valence-electron chi connectivity index (χ1n) is 19.7. The molecule has 12 nitrogen and oxygen atoms in total. The summed E-state index contributed by atoms with van der Waals surface area (Å²) in [7, 11) is 0. The topological polar surface area (TPSA) is 134 Å². The quantitative estimate of drug-likeness (QED) is 0.195. The molecule has 0 spiro atoms. The fourth-order valence-corrected chi connectivity index (χ4v) is 6.93. The van der Waals surface area contributed by atoms with Gasteiger partial charge in [-0.2, -0.15) is 0 Å². The van der Waals surface area contributed by atoms with E-state index in [9.17, 15) is 14.7 Å². The third-order valence-electron chi connectivity index (χ3n) is 9.95. The Morgan fingerprint density at radius 2 is 1.21 bits per heavy atom. The third kappa shape index (κ3) is 12.8. The molecule has 4 unspecified atom stereocenters. The number of anilines is 1. The second-order valence-electron chi connectivity index (χ2n) is 14.0. The molecule has 4 aromatic carbocycles. The summed E-state index contributed by atoms with van der Waals surface area (Å²) in [4.78, 5) is 27.8. The third-order valence-corrected chi connectivity index (χ3v) is 9.95. The lowest BCUT2D eigenvalue weighted by Gasteiger charge is -2.44. The Balaban J connectivity index is 1.28. The first kappa shape index (κ1) is 42.3. The number of amides is 1. The number of carbonyl (C=O) groups is 2. The van der Waals surface area contributed by atoms with Crippen molar-refractivity contribution in [3.05, 3.63) is 137 Å². The van der Waals surface area contributed by atoms with Crippen molar-refractivity contribution in [2.75, 3.05) is 91.0 Å². The van der Waals surface area contributed by atoms with Crippen LogP contribution < -0.4 is 5.32 Å². The van der Waals surface area contributed by atoms with Crippen molar-refractivity contribution in [1.29, 1.82) is 0 Å². The zero-order valence-corrected chi connectivity index (χ0v) is 32.6. The number of hydrogen-bond acceptors (Lipinski definition) is 11. The Morgan fingerprint density at radius 1 is 0.632 bits per heavy atom. The normalized spacial score (nSPS) is 22.5. The van der Waals surface area contributed by atoms with Crippen molar-refractivity contribution in [2.45, 2.75) is 37.9 Å². The van der Waals surface area contributed by atoms with Crippen LogP contribution in [0.2, 0.25) is 0 Å². The summed E-state index contributed by atoms with van der Waals surface area (Å²) in [6, 6.07) is 32.2. The molecule has 57 heavy (non-hydrogen) atoms. The lowest BCUT2D eigenvalue weighted by molar-refractivity contribution is -0.263. The lowest BCUT2D eigenvalue weighted by atomic mass is 9.83. The van der Waals surface area contributed by atoms with Crippen molar-refractivity contribution >= 4 is 17.4 Å². The van der Waals surface area contributed by atoms with E-state index >= 15 is 0 Å². The van der Waals surface area contributed by atoms with Gasteiger partial charge >= 0.3 is 0 Å². The standard InChI is InChI=1S/C45H54N2O10/c1-33(49)37-9-6-12-40(30-37)46-44(50)38-10-5-11-39(29-38)45-56-41(31-47-17-19-51-21-23-53-25-27-55-28-26-54-24-22-52-20-18-47)42(35-7-3-2-4-8-35)43(57-45)36-15-13-34(32-48)14-16-36/h2-16,29-30,41-43,45,48H,17-28,31-32H2,1H3,(H,46,50). The van der Waals surface area contributed by atoms with Crippen molar-refractivity contribution in [3.63, 3.8) is 0 Å². The van der Waals surface area contributed by atoms with Gasteiger partial charge in [0.15, 0.2) is 12.1 Å². The molecule has 2 aliphatic rings. The molecule has 4 atom stereocenters. The van der Waals surface area contributed by atoms with E-state index in [0.29, 0.717) is 108 Å². The zero-order valence-electron chi connectivity index (χ0n) is 32.6. The summed E-state index contributed by atoms with van der Waals surface area (Å²) < 4.78 is 42.8. The van der Waals surface area contributed by atoms with Gasteiger partial charge in [-0.05, 0) is 47.9 Å². The highest BCUT2D eigenvalue weighted by Crippen LogP contribution is 2.47. The van der Waals surface area contributed by atoms with Gasteiger partial charge in [0.2, 0.25) is 0 Å². The molecule has 2 N–H and O–H groups in total. The highest BCUT2D eigenvalue weighted by atomic mass is 16.7. The van der Waals surface area contributed by atoms with E-state index < -0.39 is 12.4 Å². The van der Waals surface area contributed by atoms with Gasteiger partial charge in [0, 0.05) is 47.9 Å². The van der Waals surface area contributed by atoms with Crippen LogP contribution in [-0.4, -0.2) is 114 Å². The Morgan fingerprint density at radius 3 is 1.82 bits per heavy atom. The highest BCUT2D eigenvalue weighted by Gasteiger charge is 2.42. The van der Waals surface area contributed by atoms with Crippen LogP contribution in [0.1, 0.15) is 68.2 Å². The summed E-state index contributed by atoms with van der Waals surface area (Å²) in [5, 5.41) is 12.8. The summed E-state index contributed by atoms with van der Waals surface area (Å²) in [6.45, 7) is 8.08. The Bertz CT molecular complexity index is 1810. The highest BCUT2D eigenvalue weighted by molar-refractivity contribution is 6.05. The van der Waals surface area contributed by atoms with E-state index in [2.05, 4.69) is 22.3 Å². The van der Waals surface area contributed by atoms with Crippen molar-refractivity contribution < 1.29 is 47.9 Å². The number of benzene rings is 4. The van der Waals surface area contributed by atoms with Crippen LogP contribution in [0.4, 0.5) is 5.69 Å². The number of Topliss-reactive ketones (excluding diaryl/α,β-unsaturated/α-hetero) is 1. The molecule has 0 aromatic heterocycles. The van der Waals surface area contributed by atoms with Gasteiger partial charge in [0.25, 0.3) is 5.91 Å². The summed E-state index contributed by atoms with van der Waals surface area (Å²) >= 11 is 0. The predicted octanol–water partition coefficient (Wildman–Crippen LogP) is 5.97. The molecule has 12 heteroatoms. The summed E-state index contributed by atoms with van der Waals surface area (Å²) in [5.74, 6) is -0.629. The largest absolute Gasteiger partial charge is 0.392 e. The van der Waals surface area contributed by atoms with Crippen LogP contribution >= 0.6 is 0 Å². The smallest absolute Gasteiger partial charge is 0.255 e. The second-order valence-corrected chi connectivity index (χ2v) is 14.0. The molecule has 6 rings (SSSR count). The average Bonchev–Trinajstić information content (AvgIpc) is 3.24. The maximum atomic E-state index is 13.6. The van der Waals surface area contributed by atoms with Crippen molar-refractivity contribution in [1.82, 2.24) is 4.90 Å². The average molecular weight is 783 g/mol. The Labute approximate surface area is 334 Å². The van der Waals surface area contributed by atoms with Crippen LogP contribution in [0.5, 0.6) is 0 Å². The van der Waals surface area contributed by atoms with Gasteiger partial charge in [-0.1, -0.05) is 78.9 Å². The summed E-state index contributed by atoms with van der Waals surface area (Å²) in [6.07, 6.45) is -1.63. The first-order valence-corrected chi connectivity index (χ1v) is 19.7. The van der Waals surface area contributed by atoms with Crippen LogP contribution in [-0.2, 0) is 39.8 Å². The number of nitrogens with zero attached hydrogens (tertiary/aromatic N) is 1. The van der Waals surface area contributed by atoms with Crippen molar-refractivity contribution in [3.8, 4) is 0 Å². The molecule has 0 bridgehead atoms. The van der Waals surface area contributed by atoms with E-state index in [4.69, 9.17) is 33.2 Å². The van der Waals surface area contributed by atoms with E-state index in [0.717, 1.165) is 16.7 Å². The van der Waals surface area contributed by atoms with Gasteiger partial charge in [0.1, 0.15) is 0 Å². The monoisotopic (exact) mass is 782 g/mol. The number of hydrogen-bond donors (Lipinski definition) is 2.